The van der Waals surface area contributed by atoms with Gasteiger partial charge in [0, 0.05) is 23.8 Å². The molecule has 5 nitrogen and oxygen atoms in total. The Labute approximate surface area is 136 Å². The number of esters is 2. The summed E-state index contributed by atoms with van der Waals surface area (Å²) in [6, 6.07) is 7.29. The van der Waals surface area contributed by atoms with Gasteiger partial charge in [0.25, 0.3) is 0 Å². The Morgan fingerprint density at radius 2 is 1.59 bits per heavy atom. The monoisotopic (exact) mass is 327 g/mol. The molecular weight excluding hydrogens is 306 g/mol. The minimum Gasteiger partial charge on any atom is -0.469 e. The first-order valence-electron chi connectivity index (χ1n) is 7.05. The van der Waals surface area contributed by atoms with Gasteiger partial charge in [0.05, 0.1) is 26.1 Å². The fraction of sp³-hybridized carbons (Fsp3) is 0.500. The molecule has 0 amide bonds. The van der Waals surface area contributed by atoms with Crippen molar-refractivity contribution in [3.63, 3.8) is 0 Å². The first-order chi connectivity index (χ1) is 10.4. The molecule has 122 valence electrons. The van der Waals surface area contributed by atoms with Crippen molar-refractivity contribution in [1.82, 2.24) is 0 Å². The van der Waals surface area contributed by atoms with Crippen molar-refractivity contribution in [2.24, 2.45) is 11.8 Å². The van der Waals surface area contributed by atoms with E-state index in [1.165, 1.54) is 14.2 Å². The number of nitrogens with zero attached hydrogens (tertiary/aromatic N) is 1. The smallest absolute Gasteiger partial charge is 0.310 e. The molecule has 22 heavy (non-hydrogen) atoms. The second-order valence-corrected chi connectivity index (χ2v) is 5.67. The van der Waals surface area contributed by atoms with Crippen molar-refractivity contribution in [3.05, 3.63) is 29.3 Å². The van der Waals surface area contributed by atoms with Gasteiger partial charge in [0.15, 0.2) is 0 Å². The van der Waals surface area contributed by atoms with E-state index in [1.807, 2.05) is 17.0 Å². The number of halogens is 1. The average Bonchev–Trinajstić information content (AvgIpc) is 2.52. The standard InChI is InChI=1S/C16H22ClNO4/c1-11(15(19)21-3)9-18(10-12(2)16(20)22-4)14-7-5-6-13(17)8-14/h5-8,11-12H,9-10H2,1-4H3. The molecule has 6 heteroatoms. The number of carbonyl (C=O) groups is 2. The zero-order chi connectivity index (χ0) is 16.7. The summed E-state index contributed by atoms with van der Waals surface area (Å²) < 4.78 is 9.53. The van der Waals surface area contributed by atoms with Crippen LogP contribution in [0.4, 0.5) is 5.69 Å². The molecule has 1 aromatic carbocycles. The Morgan fingerprint density at radius 3 is 2.00 bits per heavy atom. The van der Waals surface area contributed by atoms with Gasteiger partial charge in [0.2, 0.25) is 0 Å². The predicted molar refractivity (Wildman–Crippen MR) is 86.0 cm³/mol. The summed E-state index contributed by atoms with van der Waals surface area (Å²) in [5.74, 6) is -1.24. The van der Waals surface area contributed by atoms with Crippen LogP contribution in [0.15, 0.2) is 24.3 Å². The number of hydrogen-bond acceptors (Lipinski definition) is 5. The van der Waals surface area contributed by atoms with E-state index in [0.29, 0.717) is 18.1 Å². The van der Waals surface area contributed by atoms with Gasteiger partial charge >= 0.3 is 11.9 Å². The van der Waals surface area contributed by atoms with Crippen LogP contribution in [0.1, 0.15) is 13.8 Å². The van der Waals surface area contributed by atoms with Gasteiger partial charge in [-0.15, -0.1) is 0 Å². The number of methoxy groups -OCH3 is 2. The molecule has 2 unspecified atom stereocenters. The maximum absolute atomic E-state index is 11.7. The maximum Gasteiger partial charge on any atom is 0.310 e. The average molecular weight is 328 g/mol. The van der Waals surface area contributed by atoms with E-state index in [4.69, 9.17) is 21.1 Å². The van der Waals surface area contributed by atoms with Crippen molar-refractivity contribution < 1.29 is 19.1 Å². The predicted octanol–water partition coefficient (Wildman–Crippen LogP) is 2.76. The Hall–Kier alpha value is -1.75. The van der Waals surface area contributed by atoms with Crippen LogP contribution in [0.2, 0.25) is 5.02 Å². The second-order valence-electron chi connectivity index (χ2n) is 5.23. The number of benzene rings is 1. The van der Waals surface area contributed by atoms with Gasteiger partial charge in [-0.25, -0.2) is 0 Å². The van der Waals surface area contributed by atoms with E-state index in [2.05, 4.69) is 0 Å². The highest BCUT2D eigenvalue weighted by Gasteiger charge is 2.22. The minimum absolute atomic E-state index is 0.294. The van der Waals surface area contributed by atoms with Gasteiger partial charge in [-0.1, -0.05) is 31.5 Å². The molecule has 0 saturated heterocycles. The maximum atomic E-state index is 11.7. The van der Waals surface area contributed by atoms with Crippen LogP contribution in [0.5, 0.6) is 0 Å². The molecule has 0 aliphatic heterocycles. The highest BCUT2D eigenvalue weighted by molar-refractivity contribution is 6.30. The van der Waals surface area contributed by atoms with E-state index >= 15 is 0 Å². The SMILES string of the molecule is COC(=O)C(C)CN(CC(C)C(=O)OC)c1cccc(Cl)c1. The summed E-state index contributed by atoms with van der Waals surface area (Å²) in [5.41, 5.74) is 0.846. The highest BCUT2D eigenvalue weighted by Crippen LogP contribution is 2.22. The third kappa shape index (κ3) is 5.22. The van der Waals surface area contributed by atoms with E-state index in [0.717, 1.165) is 5.69 Å². The van der Waals surface area contributed by atoms with Crippen molar-refractivity contribution in [2.45, 2.75) is 13.8 Å². The number of rotatable bonds is 7. The lowest BCUT2D eigenvalue weighted by molar-refractivity contribution is -0.144. The van der Waals surface area contributed by atoms with Crippen LogP contribution < -0.4 is 4.90 Å². The van der Waals surface area contributed by atoms with Gasteiger partial charge in [-0.3, -0.25) is 9.59 Å². The Morgan fingerprint density at radius 1 is 1.09 bits per heavy atom. The summed E-state index contributed by atoms with van der Waals surface area (Å²) >= 11 is 6.03. The molecule has 2 atom stereocenters. The summed E-state index contributed by atoms with van der Waals surface area (Å²) in [6.07, 6.45) is 0. The van der Waals surface area contributed by atoms with E-state index in [-0.39, 0.29) is 23.8 Å². The van der Waals surface area contributed by atoms with E-state index in [1.54, 1.807) is 26.0 Å². The second kappa shape index (κ2) is 8.63. The summed E-state index contributed by atoms with van der Waals surface area (Å²) in [4.78, 5) is 25.2. The molecule has 0 heterocycles. The third-order valence-corrected chi connectivity index (χ3v) is 3.60. The first kappa shape index (κ1) is 18.3. The third-order valence-electron chi connectivity index (χ3n) is 3.37. The van der Waals surface area contributed by atoms with Gasteiger partial charge in [-0.05, 0) is 18.2 Å². The molecule has 0 bridgehead atoms. The number of carbonyl (C=O) groups excluding carboxylic acids is 2. The number of ether oxygens (including phenoxy) is 2. The summed E-state index contributed by atoms with van der Waals surface area (Å²) in [6.45, 7) is 4.42. The zero-order valence-electron chi connectivity index (χ0n) is 13.3. The largest absolute Gasteiger partial charge is 0.469 e. The van der Waals surface area contributed by atoms with Crippen molar-refractivity contribution in [3.8, 4) is 0 Å². The summed E-state index contributed by atoms with van der Waals surface area (Å²) in [5, 5.41) is 0.596. The molecule has 0 spiro atoms. The molecular formula is C16H22ClNO4. The van der Waals surface area contributed by atoms with Crippen LogP contribution in [-0.4, -0.2) is 39.2 Å². The van der Waals surface area contributed by atoms with E-state index in [9.17, 15) is 9.59 Å². The molecule has 0 radical (unpaired) electrons. The van der Waals surface area contributed by atoms with Crippen molar-refractivity contribution in [1.29, 1.82) is 0 Å². The number of hydrogen-bond donors (Lipinski definition) is 0. The van der Waals surface area contributed by atoms with Crippen molar-refractivity contribution >= 4 is 29.2 Å². The fourth-order valence-electron chi connectivity index (χ4n) is 2.17. The molecule has 0 N–H and O–H groups in total. The van der Waals surface area contributed by atoms with Crippen LogP contribution in [-0.2, 0) is 19.1 Å². The van der Waals surface area contributed by atoms with Gasteiger partial charge < -0.3 is 14.4 Å². The Balaban J connectivity index is 2.94. The van der Waals surface area contributed by atoms with Crippen molar-refractivity contribution in [2.75, 3.05) is 32.2 Å². The molecule has 0 aliphatic carbocycles. The van der Waals surface area contributed by atoms with Crippen LogP contribution >= 0.6 is 11.6 Å². The fourth-order valence-corrected chi connectivity index (χ4v) is 2.36. The highest BCUT2D eigenvalue weighted by atomic mass is 35.5. The van der Waals surface area contributed by atoms with Gasteiger partial charge in [0.1, 0.15) is 0 Å². The van der Waals surface area contributed by atoms with Crippen LogP contribution in [0.3, 0.4) is 0 Å². The lowest BCUT2D eigenvalue weighted by Crippen LogP contribution is -2.37. The molecule has 1 rings (SSSR count). The Kier molecular flexibility index (Phi) is 7.18. The van der Waals surface area contributed by atoms with Crippen LogP contribution in [0, 0.1) is 11.8 Å². The first-order valence-corrected chi connectivity index (χ1v) is 7.43. The molecule has 0 saturated carbocycles. The lowest BCUT2D eigenvalue weighted by Gasteiger charge is -2.29. The molecule has 0 fully saturated rings. The van der Waals surface area contributed by atoms with E-state index < -0.39 is 0 Å². The lowest BCUT2D eigenvalue weighted by atomic mass is 10.1. The van der Waals surface area contributed by atoms with Crippen LogP contribution in [0.25, 0.3) is 0 Å². The zero-order valence-corrected chi connectivity index (χ0v) is 14.1. The number of anilines is 1. The normalized spacial score (nSPS) is 13.1. The van der Waals surface area contributed by atoms with Gasteiger partial charge in [-0.2, -0.15) is 0 Å². The molecule has 0 aliphatic rings. The minimum atomic E-state index is -0.325. The Bertz CT molecular complexity index is 497. The molecule has 0 aromatic heterocycles. The topological polar surface area (TPSA) is 55.8 Å². The molecule has 1 aromatic rings. The summed E-state index contributed by atoms with van der Waals surface area (Å²) in [7, 11) is 2.72. The quantitative estimate of drug-likeness (QED) is 0.721.